The largest absolute Gasteiger partial charge is 0.288 e. The van der Waals surface area contributed by atoms with E-state index in [2.05, 4.69) is 51.1 Å². The second kappa shape index (κ2) is 13.7. The molecule has 0 aliphatic heterocycles. The van der Waals surface area contributed by atoms with Crippen LogP contribution in [0.1, 0.15) is 92.4 Å². The Kier molecular flexibility index (Phi) is 13.9. The summed E-state index contributed by atoms with van der Waals surface area (Å²) >= 11 is -0.504. The third-order valence-electron chi connectivity index (χ3n) is 4.76. The highest BCUT2D eigenvalue weighted by atomic mass is 27.2. The fourth-order valence-corrected chi connectivity index (χ4v) is 4.66. The molecule has 2 unspecified atom stereocenters. The number of rotatable bonds is 13. The SMILES string of the molecule is C/C(=[CH]\[Al]([CH3])[CH3])CCCC(C)CCCC(C)CCCC(C)C. The van der Waals surface area contributed by atoms with Crippen LogP contribution in [0.15, 0.2) is 10.5 Å². The first-order valence-electron chi connectivity index (χ1n) is 9.98. The van der Waals surface area contributed by atoms with E-state index < -0.39 is 14.1 Å². The fraction of sp³-hybridized carbons (Fsp3) is 0.905. The summed E-state index contributed by atoms with van der Waals surface area (Å²) in [7, 11) is 0. The molecule has 0 fully saturated rings. The first-order valence-corrected chi connectivity index (χ1v) is 13.0. The molecule has 0 heterocycles. The van der Waals surface area contributed by atoms with Gasteiger partial charge in [0.15, 0.2) is 0 Å². The molecule has 0 rings (SSSR count). The summed E-state index contributed by atoms with van der Waals surface area (Å²) in [6.45, 7) is 11.9. The van der Waals surface area contributed by atoms with Crippen molar-refractivity contribution in [2.24, 2.45) is 17.8 Å². The van der Waals surface area contributed by atoms with Crippen LogP contribution in [-0.2, 0) is 0 Å². The minimum absolute atomic E-state index is 0.504. The molecule has 0 N–H and O–H groups in total. The van der Waals surface area contributed by atoms with Gasteiger partial charge in [-0.15, -0.1) is 16.5 Å². The maximum absolute atomic E-state index is 2.56. The molecule has 22 heavy (non-hydrogen) atoms. The summed E-state index contributed by atoms with van der Waals surface area (Å²) in [5.41, 5.74) is 1.65. The van der Waals surface area contributed by atoms with Crippen molar-refractivity contribution in [2.45, 2.75) is 104 Å². The van der Waals surface area contributed by atoms with Crippen molar-refractivity contribution in [2.75, 3.05) is 0 Å². The van der Waals surface area contributed by atoms with E-state index in [1.807, 2.05) is 0 Å². The Balaban J connectivity index is 3.58. The van der Waals surface area contributed by atoms with Crippen molar-refractivity contribution < 1.29 is 0 Å². The van der Waals surface area contributed by atoms with E-state index in [1.54, 1.807) is 5.57 Å². The second-order valence-electron chi connectivity index (χ2n) is 8.62. The molecule has 0 nitrogen and oxygen atoms in total. The van der Waals surface area contributed by atoms with Crippen LogP contribution in [0.2, 0.25) is 11.6 Å². The third kappa shape index (κ3) is 15.2. The second-order valence-corrected chi connectivity index (χ2v) is 11.4. The van der Waals surface area contributed by atoms with E-state index in [0.717, 1.165) is 17.8 Å². The number of hydrogen-bond donors (Lipinski definition) is 0. The summed E-state index contributed by atoms with van der Waals surface area (Å²) in [5.74, 6) is 7.56. The van der Waals surface area contributed by atoms with Gasteiger partial charge in [-0.05, 0) is 37.5 Å². The summed E-state index contributed by atoms with van der Waals surface area (Å²) in [5, 5.41) is 0. The van der Waals surface area contributed by atoms with Gasteiger partial charge in [0.05, 0.1) is 0 Å². The van der Waals surface area contributed by atoms with Gasteiger partial charge < -0.3 is 0 Å². The monoisotopic (exact) mass is 322 g/mol. The van der Waals surface area contributed by atoms with E-state index in [0.29, 0.717) is 0 Å². The molecule has 0 aliphatic rings. The minimum atomic E-state index is -0.504. The standard InChI is InChI=1S/C19H37.2CH3.Al/c1-16(2)10-7-12-18(5)14-9-15-19(6)13-8-11-17(3)4;;;/h1,17-19H,7-15H2,2-6H3;2*1H3;. The Morgan fingerprint density at radius 2 is 1.23 bits per heavy atom. The highest BCUT2D eigenvalue weighted by molar-refractivity contribution is 6.61. The summed E-state index contributed by atoms with van der Waals surface area (Å²) in [4.78, 5) is 2.56. The zero-order valence-corrected chi connectivity index (χ0v) is 17.9. The Hall–Kier alpha value is 0.272. The Bertz CT molecular complexity index is 278. The number of hydrogen-bond acceptors (Lipinski definition) is 0. The maximum atomic E-state index is 2.56. The Labute approximate surface area is 146 Å². The van der Waals surface area contributed by atoms with E-state index >= 15 is 0 Å². The van der Waals surface area contributed by atoms with Gasteiger partial charge in [0.2, 0.25) is 0 Å². The lowest BCUT2D eigenvalue weighted by atomic mass is 9.91. The van der Waals surface area contributed by atoms with Crippen molar-refractivity contribution in [1.82, 2.24) is 0 Å². The topological polar surface area (TPSA) is 0 Å². The van der Waals surface area contributed by atoms with E-state index in [9.17, 15) is 0 Å². The number of allylic oxidation sites excluding steroid dienone is 1. The predicted molar refractivity (Wildman–Crippen MR) is 106 cm³/mol. The molecule has 0 radical (unpaired) electrons. The normalized spacial score (nSPS) is 15.2. The zero-order chi connectivity index (χ0) is 17.0. The van der Waals surface area contributed by atoms with Crippen LogP contribution >= 0.6 is 0 Å². The molecule has 0 aromatic rings. The Morgan fingerprint density at radius 1 is 0.773 bits per heavy atom. The third-order valence-corrected chi connectivity index (χ3v) is 5.99. The average Bonchev–Trinajstić information content (AvgIpc) is 2.37. The van der Waals surface area contributed by atoms with Gasteiger partial charge in [-0.2, -0.15) is 0 Å². The molecule has 0 saturated heterocycles. The molecule has 0 spiro atoms. The summed E-state index contributed by atoms with van der Waals surface area (Å²) in [6.07, 6.45) is 12.8. The molecule has 0 aromatic carbocycles. The van der Waals surface area contributed by atoms with Crippen LogP contribution in [0.4, 0.5) is 0 Å². The van der Waals surface area contributed by atoms with Gasteiger partial charge in [0, 0.05) is 0 Å². The molecule has 0 saturated carbocycles. The average molecular weight is 323 g/mol. The first kappa shape index (κ1) is 22.3. The summed E-state index contributed by atoms with van der Waals surface area (Å²) in [6, 6.07) is 0. The zero-order valence-electron chi connectivity index (χ0n) is 16.8. The Morgan fingerprint density at radius 3 is 1.68 bits per heavy atom. The quantitative estimate of drug-likeness (QED) is 0.305. The highest BCUT2D eigenvalue weighted by Crippen LogP contribution is 2.22. The minimum Gasteiger partial charge on any atom is -0.146 e. The first-order chi connectivity index (χ1) is 10.3. The van der Waals surface area contributed by atoms with Gasteiger partial charge in [-0.25, -0.2) is 0 Å². The molecule has 0 bridgehead atoms. The lowest BCUT2D eigenvalue weighted by Gasteiger charge is -2.15. The van der Waals surface area contributed by atoms with Crippen LogP contribution in [0.25, 0.3) is 0 Å². The van der Waals surface area contributed by atoms with Crippen molar-refractivity contribution in [3.05, 3.63) is 10.5 Å². The molecule has 0 aliphatic carbocycles. The molecule has 0 aromatic heterocycles. The van der Waals surface area contributed by atoms with Crippen LogP contribution in [0.5, 0.6) is 0 Å². The van der Waals surface area contributed by atoms with Crippen molar-refractivity contribution in [3.8, 4) is 0 Å². The molecule has 1 heteroatoms. The van der Waals surface area contributed by atoms with Gasteiger partial charge in [0.25, 0.3) is 14.1 Å². The lowest BCUT2D eigenvalue weighted by Crippen LogP contribution is -2.00. The maximum Gasteiger partial charge on any atom is 0.288 e. The van der Waals surface area contributed by atoms with E-state index in [4.69, 9.17) is 0 Å². The molecule has 2 atom stereocenters. The lowest BCUT2D eigenvalue weighted by molar-refractivity contribution is 0.389. The molecular formula is C21H43Al. The highest BCUT2D eigenvalue weighted by Gasteiger charge is 2.07. The van der Waals surface area contributed by atoms with E-state index in [1.165, 1.54) is 57.8 Å². The molecule has 0 amide bonds. The summed E-state index contributed by atoms with van der Waals surface area (Å²) < 4.78 is 0. The fourth-order valence-electron chi connectivity index (χ4n) is 3.36. The van der Waals surface area contributed by atoms with Crippen molar-refractivity contribution in [3.63, 3.8) is 0 Å². The van der Waals surface area contributed by atoms with Crippen LogP contribution in [0.3, 0.4) is 0 Å². The van der Waals surface area contributed by atoms with Gasteiger partial charge >= 0.3 is 0 Å². The van der Waals surface area contributed by atoms with Crippen LogP contribution in [0, 0.1) is 17.8 Å². The van der Waals surface area contributed by atoms with Gasteiger partial charge in [-0.3, -0.25) is 0 Å². The smallest absolute Gasteiger partial charge is 0.146 e. The predicted octanol–water partition coefficient (Wildman–Crippen LogP) is 7.67. The molecular weight excluding hydrogens is 279 g/mol. The van der Waals surface area contributed by atoms with Crippen LogP contribution < -0.4 is 0 Å². The van der Waals surface area contributed by atoms with Crippen molar-refractivity contribution in [1.29, 1.82) is 0 Å². The van der Waals surface area contributed by atoms with Crippen molar-refractivity contribution >= 4 is 14.1 Å². The van der Waals surface area contributed by atoms with E-state index in [-0.39, 0.29) is 0 Å². The van der Waals surface area contributed by atoms with Gasteiger partial charge in [-0.1, -0.05) is 78.2 Å². The van der Waals surface area contributed by atoms with Gasteiger partial charge in [0.1, 0.15) is 0 Å². The molecule has 130 valence electrons. The van der Waals surface area contributed by atoms with Crippen LogP contribution in [-0.4, -0.2) is 14.1 Å².